The number of carbonyl (C=O) groups excluding carboxylic acids is 1. The van der Waals surface area contributed by atoms with Gasteiger partial charge in [0.25, 0.3) is 5.89 Å². The van der Waals surface area contributed by atoms with Gasteiger partial charge in [-0.25, -0.2) is 9.78 Å². The first-order valence-corrected chi connectivity index (χ1v) is 10.1. The molecule has 2 aromatic rings. The first-order valence-electron chi connectivity index (χ1n) is 9.32. The molecule has 0 spiro atoms. The van der Waals surface area contributed by atoms with Gasteiger partial charge >= 0.3 is 6.03 Å². The molecule has 1 aliphatic carbocycles. The van der Waals surface area contributed by atoms with E-state index in [2.05, 4.69) is 39.6 Å². The summed E-state index contributed by atoms with van der Waals surface area (Å²) in [7, 11) is 0. The molecule has 2 amide bonds. The monoisotopic (exact) mass is 391 g/mol. The van der Waals surface area contributed by atoms with E-state index < -0.39 is 5.54 Å². The second-order valence-electron chi connectivity index (χ2n) is 8.15. The summed E-state index contributed by atoms with van der Waals surface area (Å²) in [5, 5.41) is 10.5. The van der Waals surface area contributed by atoms with Crippen molar-refractivity contribution in [2.75, 3.05) is 18.5 Å². The zero-order chi connectivity index (χ0) is 19.1. The number of hydrogen-bond donors (Lipinski definition) is 2. The summed E-state index contributed by atoms with van der Waals surface area (Å²) in [6, 6.07) is -0.307. The fraction of sp³-hybridized carbons (Fsp3) is 0.667. The summed E-state index contributed by atoms with van der Waals surface area (Å²) >= 11 is 1.57. The summed E-state index contributed by atoms with van der Waals surface area (Å²) in [6.07, 6.45) is 4.26. The zero-order valence-corrected chi connectivity index (χ0v) is 16.7. The van der Waals surface area contributed by atoms with E-state index in [-0.39, 0.29) is 6.03 Å². The number of nitrogens with one attached hydrogen (secondary N) is 2. The number of aromatic nitrogens is 3. The lowest BCUT2D eigenvalue weighted by Crippen LogP contribution is -2.51. The minimum atomic E-state index is -0.706. The Hall–Kier alpha value is -2.00. The third-order valence-corrected chi connectivity index (χ3v) is 6.33. The molecule has 3 heterocycles. The van der Waals surface area contributed by atoms with E-state index in [4.69, 9.17) is 9.26 Å². The van der Waals surface area contributed by atoms with Crippen LogP contribution in [0.2, 0.25) is 0 Å². The highest BCUT2D eigenvalue weighted by molar-refractivity contribution is 7.15. The van der Waals surface area contributed by atoms with Crippen molar-refractivity contribution in [1.82, 2.24) is 20.4 Å². The van der Waals surface area contributed by atoms with Crippen molar-refractivity contribution < 1.29 is 14.1 Å². The van der Waals surface area contributed by atoms with Gasteiger partial charge in [-0.2, -0.15) is 4.98 Å². The third-order valence-electron chi connectivity index (χ3n) is 5.31. The molecule has 0 radical (unpaired) electrons. The maximum Gasteiger partial charge on any atom is 0.321 e. The molecule has 1 saturated heterocycles. The predicted molar refractivity (Wildman–Crippen MR) is 101 cm³/mol. The van der Waals surface area contributed by atoms with Crippen LogP contribution in [0.4, 0.5) is 9.93 Å². The molecule has 146 valence electrons. The standard InChI is InChI=1S/C18H25N5O3S/c1-11-19-14(26-23-11)18(6-8-25-9-7-18)22-15(24)21-16-20-12-4-5-17(2,3)10-13(12)27-16/h4-10H2,1-3H3,(H2,20,21,22,24). The van der Waals surface area contributed by atoms with Crippen molar-refractivity contribution in [2.45, 2.75) is 58.4 Å². The summed E-state index contributed by atoms with van der Waals surface area (Å²) in [5.41, 5.74) is 0.701. The van der Waals surface area contributed by atoms with E-state index in [9.17, 15) is 4.79 Å². The van der Waals surface area contributed by atoms with Gasteiger partial charge in [-0.1, -0.05) is 19.0 Å². The van der Waals surface area contributed by atoms with Crippen molar-refractivity contribution in [3.8, 4) is 0 Å². The average molecular weight is 391 g/mol. The Bertz CT molecular complexity index is 838. The number of aryl methyl sites for hydroxylation is 2. The Morgan fingerprint density at radius 1 is 1.19 bits per heavy atom. The first kappa shape index (κ1) is 18.4. The van der Waals surface area contributed by atoms with Crippen molar-refractivity contribution >= 4 is 22.5 Å². The van der Waals surface area contributed by atoms with Crippen LogP contribution in [0.15, 0.2) is 4.52 Å². The normalized spacial score (nSPS) is 20.7. The SMILES string of the molecule is Cc1noc(C2(NC(=O)Nc3nc4c(s3)CC(C)(C)CC4)CCOCC2)n1. The predicted octanol–water partition coefficient (Wildman–Crippen LogP) is 3.18. The van der Waals surface area contributed by atoms with E-state index >= 15 is 0 Å². The molecule has 0 unspecified atom stereocenters. The molecule has 2 aromatic heterocycles. The molecule has 0 atom stereocenters. The van der Waals surface area contributed by atoms with Crippen LogP contribution in [0.1, 0.15) is 55.4 Å². The lowest BCUT2D eigenvalue weighted by molar-refractivity contribution is 0.0285. The number of carbonyl (C=O) groups is 1. The highest BCUT2D eigenvalue weighted by atomic mass is 32.1. The average Bonchev–Trinajstić information content (AvgIpc) is 3.20. The van der Waals surface area contributed by atoms with Crippen LogP contribution in [0.5, 0.6) is 0 Å². The lowest BCUT2D eigenvalue weighted by atomic mass is 9.79. The van der Waals surface area contributed by atoms with Gasteiger partial charge in [-0.05, 0) is 31.6 Å². The minimum absolute atomic E-state index is 0.293. The number of thiazole rings is 1. The summed E-state index contributed by atoms with van der Waals surface area (Å²) in [5.74, 6) is 0.979. The van der Waals surface area contributed by atoms with Crippen LogP contribution in [0.3, 0.4) is 0 Å². The topological polar surface area (TPSA) is 102 Å². The van der Waals surface area contributed by atoms with Crippen LogP contribution in [0, 0.1) is 12.3 Å². The summed E-state index contributed by atoms with van der Waals surface area (Å²) in [4.78, 5) is 23.0. The highest BCUT2D eigenvalue weighted by Gasteiger charge is 2.41. The highest BCUT2D eigenvalue weighted by Crippen LogP contribution is 2.38. The van der Waals surface area contributed by atoms with Gasteiger partial charge in [0.15, 0.2) is 11.0 Å². The zero-order valence-electron chi connectivity index (χ0n) is 15.9. The maximum atomic E-state index is 12.7. The second-order valence-corrected chi connectivity index (χ2v) is 9.23. The second kappa shape index (κ2) is 6.87. The van der Waals surface area contributed by atoms with Crippen molar-refractivity contribution in [3.63, 3.8) is 0 Å². The van der Waals surface area contributed by atoms with Crippen LogP contribution >= 0.6 is 11.3 Å². The largest absolute Gasteiger partial charge is 0.381 e. The van der Waals surface area contributed by atoms with Crippen molar-refractivity contribution in [3.05, 3.63) is 22.3 Å². The minimum Gasteiger partial charge on any atom is -0.381 e. The van der Waals surface area contributed by atoms with E-state index in [1.807, 2.05) is 0 Å². The van der Waals surface area contributed by atoms with Gasteiger partial charge in [-0.15, -0.1) is 11.3 Å². The molecule has 27 heavy (non-hydrogen) atoms. The van der Waals surface area contributed by atoms with Crippen LogP contribution in [0.25, 0.3) is 0 Å². The van der Waals surface area contributed by atoms with Crippen LogP contribution in [-0.4, -0.2) is 34.4 Å². The Morgan fingerprint density at radius 3 is 2.67 bits per heavy atom. The Morgan fingerprint density at radius 2 is 1.96 bits per heavy atom. The molecule has 8 nitrogen and oxygen atoms in total. The lowest BCUT2D eigenvalue weighted by Gasteiger charge is -2.34. The van der Waals surface area contributed by atoms with Crippen LogP contribution < -0.4 is 10.6 Å². The first-order chi connectivity index (χ1) is 12.9. The van der Waals surface area contributed by atoms with E-state index in [1.54, 1.807) is 18.3 Å². The number of anilines is 1. The summed E-state index contributed by atoms with van der Waals surface area (Å²) in [6.45, 7) is 7.37. The number of rotatable bonds is 3. The molecule has 1 aliphatic heterocycles. The third kappa shape index (κ3) is 3.84. The fourth-order valence-electron chi connectivity index (χ4n) is 3.70. The molecule has 0 bridgehead atoms. The van der Waals surface area contributed by atoms with E-state index in [1.165, 1.54) is 4.88 Å². The number of urea groups is 1. The molecular formula is C18H25N5O3S. The number of ether oxygens (including phenoxy) is 1. The van der Waals surface area contributed by atoms with Crippen molar-refractivity contribution in [1.29, 1.82) is 0 Å². The van der Waals surface area contributed by atoms with E-state index in [0.29, 0.717) is 48.3 Å². The van der Waals surface area contributed by atoms with Gasteiger partial charge in [0.1, 0.15) is 5.54 Å². The smallest absolute Gasteiger partial charge is 0.321 e. The molecule has 4 rings (SSSR count). The van der Waals surface area contributed by atoms with E-state index in [0.717, 1.165) is 25.0 Å². The van der Waals surface area contributed by atoms with Gasteiger partial charge in [-0.3, -0.25) is 5.32 Å². The van der Waals surface area contributed by atoms with Crippen LogP contribution in [-0.2, 0) is 23.1 Å². The van der Waals surface area contributed by atoms with Gasteiger partial charge in [0, 0.05) is 30.9 Å². The number of hydrogen-bond acceptors (Lipinski definition) is 7. The summed E-state index contributed by atoms with van der Waals surface area (Å²) < 4.78 is 10.8. The molecule has 2 N–H and O–H groups in total. The number of fused-ring (bicyclic) bond motifs is 1. The quantitative estimate of drug-likeness (QED) is 0.833. The molecule has 1 fully saturated rings. The number of amides is 2. The molecular weight excluding hydrogens is 366 g/mol. The molecule has 0 aromatic carbocycles. The van der Waals surface area contributed by atoms with Gasteiger partial charge in [0.2, 0.25) is 0 Å². The van der Waals surface area contributed by atoms with Gasteiger partial charge in [0.05, 0.1) is 5.69 Å². The molecule has 9 heteroatoms. The molecule has 2 aliphatic rings. The fourth-order valence-corrected chi connectivity index (χ4v) is 4.96. The number of nitrogens with zero attached hydrogens (tertiary/aromatic N) is 3. The Balaban J connectivity index is 1.49. The molecule has 0 saturated carbocycles. The Labute approximate surface area is 162 Å². The van der Waals surface area contributed by atoms with Gasteiger partial charge < -0.3 is 14.6 Å². The van der Waals surface area contributed by atoms with Crippen molar-refractivity contribution in [2.24, 2.45) is 5.41 Å². The maximum absolute atomic E-state index is 12.7. The Kier molecular flexibility index (Phi) is 4.67.